The van der Waals surface area contributed by atoms with Crippen molar-refractivity contribution in [3.63, 3.8) is 0 Å². The number of hydrogen-bond donors (Lipinski definition) is 0. The van der Waals surface area contributed by atoms with Crippen LogP contribution in [-0.4, -0.2) is 18.4 Å². The molecule has 0 unspecified atom stereocenters. The molecule has 14 heavy (non-hydrogen) atoms. The van der Waals surface area contributed by atoms with Crippen LogP contribution in [0.1, 0.15) is 0 Å². The van der Waals surface area contributed by atoms with Gasteiger partial charge in [-0.25, -0.2) is 4.98 Å². The zero-order chi connectivity index (χ0) is 10.2. The van der Waals surface area contributed by atoms with E-state index in [9.17, 15) is 12.3 Å². The second-order valence-electron chi connectivity index (χ2n) is 2.62. The Morgan fingerprint density at radius 1 is 1.14 bits per heavy atom. The Balaban J connectivity index is 2.92. The molecule has 0 amide bonds. The average molecular weight is 212 g/mol. The summed E-state index contributed by atoms with van der Waals surface area (Å²) in [6, 6.07) is 4.50. The van der Waals surface area contributed by atoms with Gasteiger partial charge in [0.05, 0.1) is 5.52 Å². The molecule has 0 N–H and O–H groups in total. The van der Waals surface area contributed by atoms with Crippen molar-refractivity contribution in [2.45, 2.75) is 5.03 Å². The lowest BCUT2D eigenvalue weighted by molar-refractivity contribution is 0.549. The highest BCUT2D eigenvalue weighted by molar-refractivity contribution is 7.86. The first-order valence-corrected chi connectivity index (χ1v) is 5.12. The summed E-state index contributed by atoms with van der Waals surface area (Å²) in [7, 11) is -4.78. The summed E-state index contributed by atoms with van der Waals surface area (Å²) in [6.45, 7) is 0. The maximum atomic E-state index is 12.7. The van der Waals surface area contributed by atoms with Crippen molar-refractivity contribution in [3.8, 4) is 0 Å². The monoisotopic (exact) mass is 212 g/mol. The van der Waals surface area contributed by atoms with E-state index in [2.05, 4.69) is 9.97 Å². The standard InChI is InChI=1S/C8H5FN2O2S/c9-14(12,13)8-6-2-1-4-10-7(6)3-5-11-8/h1-5H. The lowest BCUT2D eigenvalue weighted by Gasteiger charge is -1.99. The van der Waals surface area contributed by atoms with Gasteiger partial charge in [0.25, 0.3) is 0 Å². The molecule has 0 bridgehead atoms. The van der Waals surface area contributed by atoms with Crippen molar-refractivity contribution >= 4 is 21.1 Å². The van der Waals surface area contributed by atoms with Crippen molar-refractivity contribution in [1.29, 1.82) is 0 Å². The van der Waals surface area contributed by atoms with E-state index in [-0.39, 0.29) is 5.39 Å². The second kappa shape index (κ2) is 2.98. The van der Waals surface area contributed by atoms with E-state index in [1.54, 1.807) is 0 Å². The Kier molecular flexibility index (Phi) is 1.92. The third-order valence-corrected chi connectivity index (χ3v) is 2.51. The van der Waals surface area contributed by atoms with Gasteiger partial charge in [0.2, 0.25) is 0 Å². The molecule has 0 radical (unpaired) electrons. The first-order chi connectivity index (χ1) is 6.59. The molecule has 0 atom stereocenters. The van der Waals surface area contributed by atoms with Crippen molar-refractivity contribution in [2.75, 3.05) is 0 Å². The number of pyridine rings is 2. The molecule has 2 aromatic rings. The smallest absolute Gasteiger partial charge is 0.256 e. The summed E-state index contributed by atoms with van der Waals surface area (Å²) >= 11 is 0. The third-order valence-electron chi connectivity index (χ3n) is 1.72. The quantitative estimate of drug-likeness (QED) is 0.668. The van der Waals surface area contributed by atoms with Crippen LogP contribution in [0.25, 0.3) is 10.9 Å². The van der Waals surface area contributed by atoms with Crippen molar-refractivity contribution in [3.05, 3.63) is 30.6 Å². The Hall–Kier alpha value is -1.56. The minimum atomic E-state index is -4.78. The van der Waals surface area contributed by atoms with Crippen LogP contribution in [0.15, 0.2) is 35.6 Å². The summed E-state index contributed by atoms with van der Waals surface area (Å²) in [5.74, 6) is 0. The molecule has 6 heteroatoms. The number of halogens is 1. The van der Waals surface area contributed by atoms with Gasteiger partial charge in [0.15, 0.2) is 5.03 Å². The van der Waals surface area contributed by atoms with Gasteiger partial charge in [-0.05, 0) is 18.2 Å². The second-order valence-corrected chi connectivity index (χ2v) is 3.89. The molecule has 0 aromatic carbocycles. The van der Waals surface area contributed by atoms with E-state index in [0.29, 0.717) is 5.52 Å². The fourth-order valence-electron chi connectivity index (χ4n) is 1.17. The number of rotatable bonds is 1. The molecule has 2 aromatic heterocycles. The molecule has 72 valence electrons. The molecule has 0 spiro atoms. The molecular weight excluding hydrogens is 207 g/mol. The highest BCUT2D eigenvalue weighted by atomic mass is 32.3. The Bertz CT molecular complexity index is 577. The predicted octanol–water partition coefficient (Wildman–Crippen LogP) is 1.29. The van der Waals surface area contributed by atoms with E-state index in [0.717, 1.165) is 0 Å². The number of fused-ring (bicyclic) bond motifs is 1. The number of aromatic nitrogens is 2. The van der Waals surface area contributed by atoms with Crippen LogP contribution >= 0.6 is 0 Å². The van der Waals surface area contributed by atoms with E-state index < -0.39 is 15.2 Å². The molecule has 0 aliphatic rings. The number of nitrogens with zero attached hydrogens (tertiary/aromatic N) is 2. The van der Waals surface area contributed by atoms with E-state index in [1.807, 2.05) is 0 Å². The molecule has 2 rings (SSSR count). The van der Waals surface area contributed by atoms with Gasteiger partial charge in [0.1, 0.15) is 0 Å². The van der Waals surface area contributed by atoms with Crippen LogP contribution in [0.5, 0.6) is 0 Å². The van der Waals surface area contributed by atoms with E-state index in [1.165, 1.54) is 30.6 Å². The lowest BCUT2D eigenvalue weighted by Crippen LogP contribution is -1.97. The first-order valence-electron chi connectivity index (χ1n) is 3.73. The van der Waals surface area contributed by atoms with Gasteiger partial charge in [-0.15, -0.1) is 0 Å². The molecule has 2 heterocycles. The molecule has 0 fully saturated rings. The summed E-state index contributed by atoms with van der Waals surface area (Å²) in [4.78, 5) is 7.36. The van der Waals surface area contributed by atoms with Crippen molar-refractivity contribution in [1.82, 2.24) is 9.97 Å². The topological polar surface area (TPSA) is 59.9 Å². The average Bonchev–Trinajstić information content (AvgIpc) is 2.15. The zero-order valence-electron chi connectivity index (χ0n) is 6.88. The summed E-state index contributed by atoms with van der Waals surface area (Å²) in [5.41, 5.74) is 0.402. The van der Waals surface area contributed by atoms with Gasteiger partial charge in [0, 0.05) is 17.8 Å². The maximum Gasteiger partial charge on any atom is 0.350 e. The van der Waals surface area contributed by atoms with Crippen LogP contribution in [0.4, 0.5) is 3.89 Å². The Morgan fingerprint density at radius 2 is 1.93 bits per heavy atom. The van der Waals surface area contributed by atoms with Gasteiger partial charge in [-0.3, -0.25) is 4.98 Å². The minimum absolute atomic E-state index is 0.192. The molecule has 0 saturated heterocycles. The normalized spacial score (nSPS) is 11.8. The SMILES string of the molecule is O=S(=O)(F)c1nccc2ncccc12. The zero-order valence-corrected chi connectivity index (χ0v) is 7.70. The summed E-state index contributed by atoms with van der Waals surface area (Å²) < 4.78 is 34.1. The minimum Gasteiger partial charge on any atom is -0.256 e. The highest BCUT2D eigenvalue weighted by Gasteiger charge is 2.17. The molecule has 0 aliphatic heterocycles. The van der Waals surface area contributed by atoms with Crippen LogP contribution in [0, 0.1) is 0 Å². The van der Waals surface area contributed by atoms with Crippen LogP contribution in [-0.2, 0) is 10.2 Å². The first kappa shape index (κ1) is 9.01. The maximum absolute atomic E-state index is 12.7. The summed E-state index contributed by atoms with van der Waals surface area (Å²) in [5, 5.41) is -0.388. The fourth-order valence-corrected chi connectivity index (χ4v) is 1.79. The molecule has 0 aliphatic carbocycles. The largest absolute Gasteiger partial charge is 0.350 e. The van der Waals surface area contributed by atoms with Gasteiger partial charge < -0.3 is 0 Å². The van der Waals surface area contributed by atoms with E-state index >= 15 is 0 Å². The lowest BCUT2D eigenvalue weighted by atomic mass is 10.3. The van der Waals surface area contributed by atoms with Crippen LogP contribution < -0.4 is 0 Å². The Labute approximate surface area is 79.6 Å². The van der Waals surface area contributed by atoms with Gasteiger partial charge in [-0.2, -0.15) is 8.42 Å². The third kappa shape index (κ3) is 1.44. The molecule has 0 saturated carbocycles. The van der Waals surface area contributed by atoms with E-state index in [4.69, 9.17) is 0 Å². The molecule has 4 nitrogen and oxygen atoms in total. The predicted molar refractivity (Wildman–Crippen MR) is 47.8 cm³/mol. The van der Waals surface area contributed by atoms with Crippen LogP contribution in [0.2, 0.25) is 0 Å². The van der Waals surface area contributed by atoms with Gasteiger partial charge >= 0.3 is 10.2 Å². The fraction of sp³-hybridized carbons (Fsp3) is 0. The van der Waals surface area contributed by atoms with Crippen molar-refractivity contribution in [2.24, 2.45) is 0 Å². The molecular formula is C8H5FN2O2S. The summed E-state index contributed by atoms with van der Waals surface area (Å²) in [6.07, 6.45) is 2.71. The highest BCUT2D eigenvalue weighted by Crippen LogP contribution is 2.19. The Morgan fingerprint density at radius 3 is 2.64 bits per heavy atom. The van der Waals surface area contributed by atoms with Gasteiger partial charge in [-0.1, -0.05) is 3.89 Å². The van der Waals surface area contributed by atoms with Crippen LogP contribution in [0.3, 0.4) is 0 Å². The number of hydrogen-bond acceptors (Lipinski definition) is 4. The van der Waals surface area contributed by atoms with Crippen molar-refractivity contribution < 1.29 is 12.3 Å².